The van der Waals surface area contributed by atoms with E-state index in [0.717, 1.165) is 77.2 Å². The summed E-state index contributed by atoms with van der Waals surface area (Å²) >= 11 is 0. The Morgan fingerprint density at radius 1 is 0.380 bits per heavy atom. The fourth-order valence-electron chi connectivity index (χ4n) is 7.37. The molecule has 2 heterocycles. The summed E-state index contributed by atoms with van der Waals surface area (Å²) in [4.78, 5) is 0. The third-order valence-electron chi connectivity index (χ3n) is 9.64. The van der Waals surface area contributed by atoms with E-state index in [1.165, 1.54) is 0 Å². The van der Waals surface area contributed by atoms with Crippen LogP contribution < -0.4 is 0 Å². The highest BCUT2D eigenvalue weighted by atomic mass is 15.0. The van der Waals surface area contributed by atoms with E-state index in [4.69, 9.17) is 0 Å². The lowest BCUT2D eigenvalue weighted by Crippen LogP contribution is -1.97. The predicted octanol–water partition coefficient (Wildman–Crippen LogP) is 10.8. The van der Waals surface area contributed by atoms with Crippen LogP contribution in [-0.2, 0) is 0 Å². The van der Waals surface area contributed by atoms with Crippen molar-refractivity contribution in [2.24, 2.45) is 0 Å². The lowest BCUT2D eigenvalue weighted by atomic mass is 9.96. The van der Waals surface area contributed by atoms with Crippen molar-refractivity contribution in [1.29, 1.82) is 15.8 Å². The summed E-state index contributed by atoms with van der Waals surface area (Å²) in [6.45, 7) is 0. The topological polar surface area (TPSA) is 81.2 Å². The van der Waals surface area contributed by atoms with Crippen molar-refractivity contribution < 1.29 is 0 Å². The number of benzene rings is 7. The molecule has 0 atom stereocenters. The van der Waals surface area contributed by atoms with Crippen LogP contribution >= 0.6 is 0 Å². The van der Waals surface area contributed by atoms with Gasteiger partial charge in [0.15, 0.2) is 0 Å². The van der Waals surface area contributed by atoms with Gasteiger partial charge in [0, 0.05) is 38.4 Å². The molecular weight excluding hydrogens is 611 g/mol. The first-order valence-corrected chi connectivity index (χ1v) is 16.3. The van der Waals surface area contributed by atoms with Gasteiger partial charge in [-0.1, -0.05) is 78.9 Å². The second-order valence-electron chi connectivity index (χ2n) is 12.3. The number of rotatable bonds is 4. The molecule has 0 spiro atoms. The van der Waals surface area contributed by atoms with Crippen molar-refractivity contribution in [2.75, 3.05) is 0 Å². The van der Waals surface area contributed by atoms with Crippen LogP contribution in [0, 0.1) is 34.0 Å². The van der Waals surface area contributed by atoms with Gasteiger partial charge in [0.05, 0.1) is 62.7 Å². The molecule has 0 amide bonds. The number of para-hydroxylation sites is 3. The molecule has 0 aliphatic heterocycles. The number of aromatic nitrogens is 2. The van der Waals surface area contributed by atoms with Gasteiger partial charge in [0.2, 0.25) is 0 Å². The van der Waals surface area contributed by atoms with Crippen molar-refractivity contribution in [3.05, 3.63) is 168 Å². The average Bonchev–Trinajstić information content (AvgIpc) is 3.69. The lowest BCUT2D eigenvalue weighted by Gasteiger charge is -2.15. The zero-order chi connectivity index (χ0) is 33.8. The normalized spacial score (nSPS) is 11.1. The first-order chi connectivity index (χ1) is 24.7. The Hall–Kier alpha value is -7.39. The summed E-state index contributed by atoms with van der Waals surface area (Å²) in [7, 11) is 0. The van der Waals surface area contributed by atoms with Gasteiger partial charge >= 0.3 is 0 Å². The van der Waals surface area contributed by atoms with Gasteiger partial charge in [0.25, 0.3) is 0 Å². The highest BCUT2D eigenvalue weighted by molar-refractivity contribution is 6.11. The first kappa shape index (κ1) is 28.8. The Balaban J connectivity index is 1.17. The molecule has 0 unspecified atom stereocenters. The van der Waals surface area contributed by atoms with E-state index in [1.807, 2.05) is 72.8 Å². The molecule has 9 aromatic rings. The van der Waals surface area contributed by atoms with Crippen molar-refractivity contribution in [3.63, 3.8) is 0 Å². The Morgan fingerprint density at radius 3 is 1.52 bits per heavy atom. The van der Waals surface area contributed by atoms with E-state index < -0.39 is 0 Å². The first-order valence-electron chi connectivity index (χ1n) is 16.3. The van der Waals surface area contributed by atoms with E-state index >= 15 is 0 Å². The molecule has 230 valence electrons. The van der Waals surface area contributed by atoms with Gasteiger partial charge in [-0.15, -0.1) is 0 Å². The third kappa shape index (κ3) is 4.38. The summed E-state index contributed by atoms with van der Waals surface area (Å²) in [6, 6.07) is 57.9. The zero-order valence-corrected chi connectivity index (χ0v) is 26.7. The second kappa shape index (κ2) is 11.4. The van der Waals surface area contributed by atoms with E-state index in [9.17, 15) is 15.8 Å². The maximum absolute atomic E-state index is 10.2. The summed E-state index contributed by atoms with van der Waals surface area (Å²) < 4.78 is 4.48. The quantitative estimate of drug-likeness (QED) is 0.193. The van der Waals surface area contributed by atoms with Gasteiger partial charge in [-0.3, -0.25) is 0 Å². The summed E-state index contributed by atoms with van der Waals surface area (Å²) in [5.41, 5.74) is 11.9. The van der Waals surface area contributed by atoms with E-state index in [1.54, 1.807) is 0 Å². The van der Waals surface area contributed by atoms with Crippen LogP contribution in [0.4, 0.5) is 0 Å². The van der Waals surface area contributed by atoms with E-state index in [2.05, 4.69) is 106 Å². The highest BCUT2D eigenvalue weighted by Crippen LogP contribution is 2.38. The SMILES string of the molecule is N#Cc1ccc2c(c1)c1ccccc1n2-c1ccc(C#N)c(-c2ccc(-c3ccccc3-n3c4ccccc4c4cc(C#N)ccc43)cc2)c1. The molecule has 0 saturated heterocycles. The van der Waals surface area contributed by atoms with E-state index in [-0.39, 0.29) is 0 Å². The van der Waals surface area contributed by atoms with Gasteiger partial charge in [-0.2, -0.15) is 15.8 Å². The Kier molecular flexibility index (Phi) is 6.56. The van der Waals surface area contributed by atoms with Crippen molar-refractivity contribution in [2.45, 2.75) is 0 Å². The van der Waals surface area contributed by atoms with Crippen molar-refractivity contribution in [1.82, 2.24) is 9.13 Å². The molecule has 9 rings (SSSR count). The molecule has 0 bridgehead atoms. The predicted molar refractivity (Wildman–Crippen MR) is 200 cm³/mol. The largest absolute Gasteiger partial charge is 0.309 e. The molecule has 50 heavy (non-hydrogen) atoms. The monoisotopic (exact) mass is 635 g/mol. The molecule has 0 saturated carbocycles. The molecule has 0 fully saturated rings. The lowest BCUT2D eigenvalue weighted by molar-refractivity contribution is 1.18. The van der Waals surface area contributed by atoms with Gasteiger partial charge in [0.1, 0.15) is 0 Å². The van der Waals surface area contributed by atoms with Crippen LogP contribution in [0.5, 0.6) is 0 Å². The minimum atomic E-state index is 0.594. The average molecular weight is 636 g/mol. The number of hydrogen-bond donors (Lipinski definition) is 0. The molecular formula is C45H25N5. The smallest absolute Gasteiger partial charge is 0.0998 e. The minimum Gasteiger partial charge on any atom is -0.309 e. The van der Waals surface area contributed by atoms with Crippen LogP contribution in [0.3, 0.4) is 0 Å². The number of fused-ring (bicyclic) bond motifs is 6. The van der Waals surface area contributed by atoms with E-state index in [0.29, 0.717) is 16.7 Å². The molecule has 7 aromatic carbocycles. The fraction of sp³-hybridized carbons (Fsp3) is 0. The maximum atomic E-state index is 10.2. The van der Waals surface area contributed by atoms with Gasteiger partial charge < -0.3 is 9.13 Å². The zero-order valence-electron chi connectivity index (χ0n) is 26.7. The highest BCUT2D eigenvalue weighted by Gasteiger charge is 2.18. The number of nitriles is 3. The van der Waals surface area contributed by atoms with Crippen LogP contribution in [-0.4, -0.2) is 9.13 Å². The maximum Gasteiger partial charge on any atom is 0.0998 e. The molecule has 0 radical (unpaired) electrons. The van der Waals surface area contributed by atoms with Crippen LogP contribution in [0.15, 0.2) is 152 Å². The molecule has 5 heteroatoms. The fourth-order valence-corrected chi connectivity index (χ4v) is 7.37. The molecule has 0 N–H and O–H groups in total. The van der Waals surface area contributed by atoms with Crippen LogP contribution in [0.1, 0.15) is 16.7 Å². The second-order valence-corrected chi connectivity index (χ2v) is 12.3. The molecule has 5 nitrogen and oxygen atoms in total. The van der Waals surface area contributed by atoms with Crippen molar-refractivity contribution in [3.8, 4) is 51.8 Å². The molecule has 0 aliphatic rings. The Morgan fingerprint density at radius 2 is 0.900 bits per heavy atom. The number of hydrogen-bond acceptors (Lipinski definition) is 3. The molecule has 0 aliphatic carbocycles. The Labute approximate surface area is 287 Å². The summed E-state index contributed by atoms with van der Waals surface area (Å²) in [5.74, 6) is 0. The van der Waals surface area contributed by atoms with Crippen LogP contribution in [0.2, 0.25) is 0 Å². The summed E-state index contributed by atoms with van der Waals surface area (Å²) in [5, 5.41) is 33.6. The Bertz CT molecular complexity index is 2960. The third-order valence-corrected chi connectivity index (χ3v) is 9.64. The van der Waals surface area contributed by atoms with Gasteiger partial charge in [-0.05, 0) is 83.9 Å². The number of nitrogens with zero attached hydrogens (tertiary/aromatic N) is 5. The van der Waals surface area contributed by atoms with Gasteiger partial charge in [-0.25, -0.2) is 0 Å². The standard InChI is InChI=1S/C45H25N5/c46-26-29-13-21-44-39(23-29)36-8-2-5-11-42(36)49(44)34-20-19-33(28-48)38(25-34)32-17-15-31(16-18-32)35-7-1-4-10-41(35)50-43-12-6-3-9-37(43)40-24-30(27-47)14-22-45(40)50/h1-25H. The molecule has 2 aromatic heterocycles. The minimum absolute atomic E-state index is 0.594. The van der Waals surface area contributed by atoms with Crippen LogP contribution in [0.25, 0.3) is 77.2 Å². The summed E-state index contributed by atoms with van der Waals surface area (Å²) in [6.07, 6.45) is 0. The van der Waals surface area contributed by atoms with Crippen molar-refractivity contribution >= 4 is 43.6 Å².